The summed E-state index contributed by atoms with van der Waals surface area (Å²) < 4.78 is 9.93. The van der Waals surface area contributed by atoms with E-state index in [1.165, 1.54) is 19.2 Å². The number of aryl methyl sites for hydroxylation is 1. The first-order valence-electron chi connectivity index (χ1n) is 8.34. The lowest BCUT2D eigenvalue weighted by Gasteiger charge is -2.11. The molecular weight excluding hydrogens is 348 g/mol. The van der Waals surface area contributed by atoms with Crippen molar-refractivity contribution in [3.05, 3.63) is 59.2 Å². The molecule has 7 heteroatoms. The van der Waals surface area contributed by atoms with Crippen molar-refractivity contribution >= 4 is 23.5 Å². The lowest BCUT2D eigenvalue weighted by atomic mass is 10.1. The third-order valence-electron chi connectivity index (χ3n) is 3.98. The van der Waals surface area contributed by atoms with Crippen LogP contribution >= 0.6 is 0 Å². The molecule has 2 amide bonds. The average Bonchev–Trinajstić information content (AvgIpc) is 2.68. The largest absolute Gasteiger partial charge is 0.497 e. The molecule has 0 bridgehead atoms. The van der Waals surface area contributed by atoms with E-state index in [0.717, 1.165) is 11.1 Å². The Bertz CT molecular complexity index is 831. The second-order valence-corrected chi connectivity index (χ2v) is 5.88. The maximum Gasteiger partial charge on any atom is 0.338 e. The van der Waals surface area contributed by atoms with Crippen molar-refractivity contribution in [2.75, 3.05) is 25.6 Å². The molecule has 0 heterocycles. The summed E-state index contributed by atoms with van der Waals surface area (Å²) in [5.74, 6) is -0.946. The number of ether oxygens (including phenoxy) is 2. The molecule has 0 spiro atoms. The molecule has 0 aliphatic carbocycles. The summed E-state index contributed by atoms with van der Waals surface area (Å²) in [6, 6.07) is 11.9. The van der Waals surface area contributed by atoms with E-state index in [4.69, 9.17) is 9.47 Å². The van der Waals surface area contributed by atoms with E-state index in [-0.39, 0.29) is 12.5 Å². The van der Waals surface area contributed by atoms with Gasteiger partial charge in [0, 0.05) is 5.69 Å². The Balaban J connectivity index is 1.75. The number of nitrogens with one attached hydrogen (secondary N) is 2. The Morgan fingerprint density at radius 3 is 2.33 bits per heavy atom. The number of carbonyl (C=O) groups is 3. The number of esters is 1. The van der Waals surface area contributed by atoms with Crippen LogP contribution in [0.2, 0.25) is 0 Å². The molecule has 0 fully saturated rings. The van der Waals surface area contributed by atoms with Crippen molar-refractivity contribution in [1.82, 2.24) is 5.32 Å². The number of hydrogen-bond acceptors (Lipinski definition) is 5. The van der Waals surface area contributed by atoms with Gasteiger partial charge in [-0.05, 0) is 55.3 Å². The van der Waals surface area contributed by atoms with Crippen molar-refractivity contribution in [3.63, 3.8) is 0 Å². The highest BCUT2D eigenvalue weighted by Crippen LogP contribution is 2.17. The third kappa shape index (κ3) is 5.85. The molecule has 0 unspecified atom stereocenters. The molecule has 0 aromatic heterocycles. The molecule has 0 radical (unpaired) electrons. The summed E-state index contributed by atoms with van der Waals surface area (Å²) in [6.07, 6.45) is 0. The van der Waals surface area contributed by atoms with E-state index in [9.17, 15) is 14.4 Å². The van der Waals surface area contributed by atoms with Crippen molar-refractivity contribution in [2.45, 2.75) is 13.8 Å². The molecule has 2 N–H and O–H groups in total. The summed E-state index contributed by atoms with van der Waals surface area (Å²) in [6.45, 7) is 3.17. The quantitative estimate of drug-likeness (QED) is 0.729. The van der Waals surface area contributed by atoms with Gasteiger partial charge in [0.2, 0.25) is 5.91 Å². The van der Waals surface area contributed by atoms with Crippen LogP contribution in [0.25, 0.3) is 0 Å². The van der Waals surface area contributed by atoms with Gasteiger partial charge in [-0.2, -0.15) is 0 Å². The number of methoxy groups -OCH3 is 1. The zero-order chi connectivity index (χ0) is 19.8. The lowest BCUT2D eigenvalue weighted by Crippen LogP contribution is -2.35. The van der Waals surface area contributed by atoms with Gasteiger partial charge < -0.3 is 20.1 Å². The van der Waals surface area contributed by atoms with Crippen molar-refractivity contribution in [3.8, 4) is 5.75 Å². The van der Waals surface area contributed by atoms with Crippen molar-refractivity contribution in [1.29, 1.82) is 0 Å². The first kappa shape index (κ1) is 20.0. The van der Waals surface area contributed by atoms with Gasteiger partial charge in [0.05, 0.1) is 19.2 Å². The highest BCUT2D eigenvalue weighted by Gasteiger charge is 2.12. The molecule has 2 rings (SSSR count). The molecule has 0 aliphatic rings. The van der Waals surface area contributed by atoms with Crippen LogP contribution in [0.1, 0.15) is 21.5 Å². The first-order valence-corrected chi connectivity index (χ1v) is 8.34. The molecule has 2 aromatic carbocycles. The third-order valence-corrected chi connectivity index (χ3v) is 3.98. The highest BCUT2D eigenvalue weighted by atomic mass is 16.5. The second kappa shape index (κ2) is 9.38. The predicted molar refractivity (Wildman–Crippen MR) is 101 cm³/mol. The van der Waals surface area contributed by atoms with E-state index in [0.29, 0.717) is 17.0 Å². The molecular formula is C20H22N2O5. The fraction of sp³-hybridized carbons (Fsp3) is 0.250. The van der Waals surface area contributed by atoms with Gasteiger partial charge in [-0.1, -0.05) is 12.1 Å². The fourth-order valence-electron chi connectivity index (χ4n) is 2.25. The minimum atomic E-state index is -0.632. The second-order valence-electron chi connectivity index (χ2n) is 5.88. The van der Waals surface area contributed by atoms with Gasteiger partial charge in [-0.15, -0.1) is 0 Å². The van der Waals surface area contributed by atoms with E-state index in [1.807, 2.05) is 26.0 Å². The number of anilines is 1. The number of hydrogen-bond donors (Lipinski definition) is 2. The van der Waals surface area contributed by atoms with Crippen LogP contribution in [0.3, 0.4) is 0 Å². The number of carbonyl (C=O) groups excluding carboxylic acids is 3. The molecule has 7 nitrogen and oxygen atoms in total. The van der Waals surface area contributed by atoms with Gasteiger partial charge in [0.25, 0.3) is 5.91 Å². The summed E-state index contributed by atoms with van der Waals surface area (Å²) in [7, 11) is 1.52. The van der Waals surface area contributed by atoms with E-state index >= 15 is 0 Å². The van der Waals surface area contributed by atoms with Crippen LogP contribution in [0, 0.1) is 13.8 Å². The standard InChI is InChI=1S/C20H22N2O5/c1-13-5-4-6-17(14(13)2)22-18(23)11-21-19(24)12-27-20(25)15-7-9-16(26-3)10-8-15/h4-10H,11-12H2,1-3H3,(H,21,24)(H,22,23). The van der Waals surface area contributed by atoms with Gasteiger partial charge in [-0.25, -0.2) is 4.79 Å². The maximum atomic E-state index is 12.0. The minimum absolute atomic E-state index is 0.216. The Hall–Kier alpha value is -3.35. The van der Waals surface area contributed by atoms with Gasteiger partial charge in [0.1, 0.15) is 5.75 Å². The van der Waals surface area contributed by atoms with Crippen LogP contribution in [-0.2, 0) is 14.3 Å². The topological polar surface area (TPSA) is 93.7 Å². The average molecular weight is 370 g/mol. The first-order chi connectivity index (χ1) is 12.9. The van der Waals surface area contributed by atoms with Crippen LogP contribution in [-0.4, -0.2) is 38.0 Å². The van der Waals surface area contributed by atoms with E-state index < -0.39 is 18.5 Å². The Labute approximate surface area is 157 Å². The van der Waals surface area contributed by atoms with Gasteiger partial charge >= 0.3 is 5.97 Å². The minimum Gasteiger partial charge on any atom is -0.497 e. The maximum absolute atomic E-state index is 12.0. The summed E-state index contributed by atoms with van der Waals surface area (Å²) in [4.78, 5) is 35.6. The molecule has 0 saturated carbocycles. The zero-order valence-corrected chi connectivity index (χ0v) is 15.5. The molecule has 142 valence electrons. The van der Waals surface area contributed by atoms with Crippen LogP contribution < -0.4 is 15.4 Å². The Morgan fingerprint density at radius 1 is 0.963 bits per heavy atom. The van der Waals surface area contributed by atoms with Gasteiger partial charge in [-0.3, -0.25) is 9.59 Å². The van der Waals surface area contributed by atoms with E-state index in [1.54, 1.807) is 18.2 Å². The lowest BCUT2D eigenvalue weighted by molar-refractivity contribution is -0.126. The zero-order valence-electron chi connectivity index (χ0n) is 15.5. The van der Waals surface area contributed by atoms with Crippen molar-refractivity contribution < 1.29 is 23.9 Å². The SMILES string of the molecule is COc1ccc(C(=O)OCC(=O)NCC(=O)Nc2cccc(C)c2C)cc1. The van der Waals surface area contributed by atoms with Crippen LogP contribution in [0.4, 0.5) is 5.69 Å². The van der Waals surface area contributed by atoms with Crippen LogP contribution in [0.15, 0.2) is 42.5 Å². The number of amides is 2. The molecule has 0 saturated heterocycles. The Kier molecular flexibility index (Phi) is 6.93. The summed E-state index contributed by atoms with van der Waals surface area (Å²) in [5, 5.41) is 5.15. The Morgan fingerprint density at radius 2 is 1.67 bits per heavy atom. The van der Waals surface area contributed by atoms with E-state index in [2.05, 4.69) is 10.6 Å². The molecule has 2 aromatic rings. The number of rotatable bonds is 7. The van der Waals surface area contributed by atoms with Crippen molar-refractivity contribution in [2.24, 2.45) is 0 Å². The number of benzene rings is 2. The predicted octanol–water partition coefficient (Wildman–Crippen LogP) is 2.22. The van der Waals surface area contributed by atoms with Gasteiger partial charge in [0.15, 0.2) is 6.61 Å². The highest BCUT2D eigenvalue weighted by molar-refractivity contribution is 5.96. The molecule has 0 aliphatic heterocycles. The summed E-state index contributed by atoms with van der Waals surface area (Å²) >= 11 is 0. The smallest absolute Gasteiger partial charge is 0.338 e. The summed E-state index contributed by atoms with van der Waals surface area (Å²) in [5.41, 5.74) is 3.02. The van der Waals surface area contributed by atoms with Crippen LogP contribution in [0.5, 0.6) is 5.75 Å². The molecule has 0 atom stereocenters. The fourth-order valence-corrected chi connectivity index (χ4v) is 2.25. The monoisotopic (exact) mass is 370 g/mol. The molecule has 27 heavy (non-hydrogen) atoms. The normalized spacial score (nSPS) is 10.0.